The fraction of sp³-hybridized carbons (Fsp3) is 0.895. The molecule has 2 heterocycles. The molecule has 126 valence electrons. The maximum atomic E-state index is 2.72. The summed E-state index contributed by atoms with van der Waals surface area (Å²) in [5.74, 6) is 1.68. The summed E-state index contributed by atoms with van der Waals surface area (Å²) in [6.07, 6.45) is 8.00. The van der Waals surface area contributed by atoms with Crippen LogP contribution >= 0.6 is 0 Å². The van der Waals surface area contributed by atoms with Gasteiger partial charge in [0, 0.05) is 45.8 Å². The van der Waals surface area contributed by atoms with Gasteiger partial charge in [-0.25, -0.2) is 0 Å². The Morgan fingerprint density at radius 2 is 1.50 bits per heavy atom. The van der Waals surface area contributed by atoms with Crippen molar-refractivity contribution < 1.29 is 0 Å². The molecule has 0 amide bonds. The van der Waals surface area contributed by atoms with Crippen molar-refractivity contribution in [1.82, 2.24) is 14.7 Å². The van der Waals surface area contributed by atoms with Crippen molar-refractivity contribution in [3.8, 4) is 0 Å². The zero-order valence-electron chi connectivity index (χ0n) is 14.8. The SMILES string of the molecule is CC1=CCC[C@H](C)[C@@H]1CN1CCN(CCN2CCCC2)CC1. The van der Waals surface area contributed by atoms with Crippen LogP contribution in [0.3, 0.4) is 0 Å². The molecule has 3 rings (SSSR count). The lowest BCUT2D eigenvalue weighted by atomic mass is 9.80. The van der Waals surface area contributed by atoms with Crippen molar-refractivity contribution in [2.45, 2.75) is 39.5 Å². The zero-order valence-corrected chi connectivity index (χ0v) is 14.8. The summed E-state index contributed by atoms with van der Waals surface area (Å²) < 4.78 is 0. The van der Waals surface area contributed by atoms with Crippen molar-refractivity contribution in [3.05, 3.63) is 11.6 Å². The first-order valence-corrected chi connectivity index (χ1v) is 9.56. The molecule has 3 nitrogen and oxygen atoms in total. The molecule has 0 N–H and O–H groups in total. The van der Waals surface area contributed by atoms with E-state index in [1.807, 2.05) is 0 Å². The second-order valence-corrected chi connectivity index (χ2v) is 7.80. The average molecular weight is 306 g/mol. The third-order valence-corrected chi connectivity index (χ3v) is 6.21. The van der Waals surface area contributed by atoms with Gasteiger partial charge in [0.05, 0.1) is 0 Å². The second-order valence-electron chi connectivity index (χ2n) is 7.80. The molecule has 0 aromatic carbocycles. The Hall–Kier alpha value is -0.380. The Kier molecular flexibility index (Phi) is 5.95. The summed E-state index contributed by atoms with van der Waals surface area (Å²) >= 11 is 0. The van der Waals surface area contributed by atoms with E-state index in [4.69, 9.17) is 0 Å². The molecular formula is C19H35N3. The summed E-state index contributed by atoms with van der Waals surface area (Å²) in [6, 6.07) is 0. The van der Waals surface area contributed by atoms with Gasteiger partial charge in [0.1, 0.15) is 0 Å². The first-order chi connectivity index (χ1) is 10.7. The lowest BCUT2D eigenvalue weighted by Gasteiger charge is -2.39. The van der Waals surface area contributed by atoms with E-state index >= 15 is 0 Å². The van der Waals surface area contributed by atoms with Crippen LogP contribution in [0.5, 0.6) is 0 Å². The number of hydrogen-bond acceptors (Lipinski definition) is 3. The fourth-order valence-electron chi connectivity index (χ4n) is 4.46. The lowest BCUT2D eigenvalue weighted by molar-refractivity contribution is 0.104. The fourth-order valence-corrected chi connectivity index (χ4v) is 4.46. The van der Waals surface area contributed by atoms with E-state index in [-0.39, 0.29) is 0 Å². The van der Waals surface area contributed by atoms with E-state index in [0.29, 0.717) is 0 Å². The van der Waals surface area contributed by atoms with Gasteiger partial charge in [-0.1, -0.05) is 18.6 Å². The highest BCUT2D eigenvalue weighted by Crippen LogP contribution is 2.30. The molecule has 0 aromatic heterocycles. The Morgan fingerprint density at radius 3 is 2.14 bits per heavy atom. The summed E-state index contributed by atoms with van der Waals surface area (Å²) in [6.45, 7) is 16.5. The van der Waals surface area contributed by atoms with Gasteiger partial charge >= 0.3 is 0 Å². The summed E-state index contributed by atoms with van der Waals surface area (Å²) in [5.41, 5.74) is 1.65. The number of piperazine rings is 1. The van der Waals surface area contributed by atoms with Crippen LogP contribution in [0, 0.1) is 11.8 Å². The maximum absolute atomic E-state index is 2.72. The number of nitrogens with zero attached hydrogens (tertiary/aromatic N) is 3. The molecule has 22 heavy (non-hydrogen) atoms. The van der Waals surface area contributed by atoms with Crippen LogP contribution in [0.25, 0.3) is 0 Å². The predicted molar refractivity (Wildman–Crippen MR) is 94.2 cm³/mol. The highest BCUT2D eigenvalue weighted by Gasteiger charge is 2.26. The third-order valence-electron chi connectivity index (χ3n) is 6.21. The van der Waals surface area contributed by atoms with E-state index in [9.17, 15) is 0 Å². The summed E-state index contributed by atoms with van der Waals surface area (Å²) in [7, 11) is 0. The molecule has 0 radical (unpaired) electrons. The summed E-state index contributed by atoms with van der Waals surface area (Å²) in [5, 5.41) is 0. The van der Waals surface area contributed by atoms with Gasteiger partial charge in [-0.05, 0) is 57.5 Å². The van der Waals surface area contributed by atoms with Crippen LogP contribution < -0.4 is 0 Å². The number of allylic oxidation sites excluding steroid dienone is 1. The normalized spacial score (nSPS) is 32.4. The van der Waals surface area contributed by atoms with Crippen molar-refractivity contribution in [2.24, 2.45) is 11.8 Å². The molecule has 2 aliphatic heterocycles. The molecule has 1 aliphatic carbocycles. The first-order valence-electron chi connectivity index (χ1n) is 9.56. The highest BCUT2D eigenvalue weighted by atomic mass is 15.3. The molecule has 3 heteroatoms. The predicted octanol–water partition coefficient (Wildman–Crippen LogP) is 2.69. The topological polar surface area (TPSA) is 9.72 Å². The minimum absolute atomic E-state index is 0.810. The molecule has 3 aliphatic rings. The van der Waals surface area contributed by atoms with E-state index in [1.54, 1.807) is 5.57 Å². The summed E-state index contributed by atoms with van der Waals surface area (Å²) in [4.78, 5) is 8.04. The minimum atomic E-state index is 0.810. The van der Waals surface area contributed by atoms with Crippen molar-refractivity contribution in [1.29, 1.82) is 0 Å². The lowest BCUT2D eigenvalue weighted by Crippen LogP contribution is -2.50. The van der Waals surface area contributed by atoms with E-state index < -0.39 is 0 Å². The Balaban J connectivity index is 1.38. The van der Waals surface area contributed by atoms with Gasteiger partial charge in [-0.2, -0.15) is 0 Å². The number of rotatable bonds is 5. The molecule has 0 unspecified atom stereocenters. The minimum Gasteiger partial charge on any atom is -0.302 e. The van der Waals surface area contributed by atoms with Gasteiger partial charge in [0.15, 0.2) is 0 Å². The first kappa shape index (κ1) is 16.5. The average Bonchev–Trinajstić information content (AvgIpc) is 3.04. The molecular weight excluding hydrogens is 270 g/mol. The van der Waals surface area contributed by atoms with Crippen molar-refractivity contribution in [3.63, 3.8) is 0 Å². The molecule has 0 aromatic rings. The molecule has 0 bridgehead atoms. The van der Waals surface area contributed by atoms with Crippen molar-refractivity contribution >= 4 is 0 Å². The molecule has 0 saturated carbocycles. The Bertz CT molecular complexity index is 365. The monoisotopic (exact) mass is 305 g/mol. The molecule has 2 saturated heterocycles. The van der Waals surface area contributed by atoms with E-state index in [0.717, 1.165) is 11.8 Å². The van der Waals surface area contributed by atoms with Crippen LogP contribution in [-0.4, -0.2) is 73.6 Å². The van der Waals surface area contributed by atoms with E-state index in [2.05, 4.69) is 34.6 Å². The number of likely N-dealkylation sites (tertiary alicyclic amines) is 1. The smallest absolute Gasteiger partial charge is 0.0110 e. The molecule has 0 spiro atoms. The zero-order chi connectivity index (χ0) is 15.4. The van der Waals surface area contributed by atoms with Gasteiger partial charge < -0.3 is 9.80 Å². The van der Waals surface area contributed by atoms with Gasteiger partial charge in [0.25, 0.3) is 0 Å². The van der Waals surface area contributed by atoms with Crippen LogP contribution in [0.1, 0.15) is 39.5 Å². The van der Waals surface area contributed by atoms with E-state index in [1.165, 1.54) is 84.6 Å². The highest BCUT2D eigenvalue weighted by molar-refractivity contribution is 5.09. The Morgan fingerprint density at radius 1 is 0.909 bits per heavy atom. The largest absolute Gasteiger partial charge is 0.302 e. The maximum Gasteiger partial charge on any atom is 0.0110 e. The van der Waals surface area contributed by atoms with Gasteiger partial charge in [-0.3, -0.25) is 4.90 Å². The molecule has 2 atom stereocenters. The van der Waals surface area contributed by atoms with Crippen LogP contribution in [-0.2, 0) is 0 Å². The van der Waals surface area contributed by atoms with Gasteiger partial charge in [-0.15, -0.1) is 0 Å². The van der Waals surface area contributed by atoms with Crippen LogP contribution in [0.15, 0.2) is 11.6 Å². The van der Waals surface area contributed by atoms with Crippen LogP contribution in [0.2, 0.25) is 0 Å². The quantitative estimate of drug-likeness (QED) is 0.723. The van der Waals surface area contributed by atoms with Crippen molar-refractivity contribution in [2.75, 3.05) is 58.9 Å². The second kappa shape index (κ2) is 7.94. The van der Waals surface area contributed by atoms with Gasteiger partial charge in [0.2, 0.25) is 0 Å². The van der Waals surface area contributed by atoms with Crippen LogP contribution in [0.4, 0.5) is 0 Å². The number of hydrogen-bond donors (Lipinski definition) is 0. The molecule has 2 fully saturated rings. The Labute approximate surface area is 137 Å². The standard InChI is InChI=1S/C19H35N3/c1-17-6-5-7-18(2)19(17)16-22-14-12-21(13-15-22)11-10-20-8-3-4-9-20/h6,18-19H,3-5,7-16H2,1-2H3/t18-,19+/m0/s1. The third kappa shape index (κ3) is 4.33.